The van der Waals surface area contributed by atoms with E-state index in [1.165, 1.54) is 4.90 Å². The van der Waals surface area contributed by atoms with Gasteiger partial charge in [0, 0.05) is 25.8 Å². The van der Waals surface area contributed by atoms with E-state index in [0.29, 0.717) is 11.4 Å². The lowest BCUT2D eigenvalue weighted by Crippen LogP contribution is -2.23. The smallest absolute Gasteiger partial charge is 0.309 e. The second kappa shape index (κ2) is 8.04. The van der Waals surface area contributed by atoms with E-state index < -0.39 is 0 Å². The zero-order valence-electron chi connectivity index (χ0n) is 11.8. The summed E-state index contributed by atoms with van der Waals surface area (Å²) in [7, 11) is 3.31. The molecule has 0 atom stereocenters. The van der Waals surface area contributed by atoms with Crippen molar-refractivity contribution in [3.63, 3.8) is 0 Å². The Hall–Kier alpha value is -2.24. The van der Waals surface area contributed by atoms with Gasteiger partial charge in [0.1, 0.15) is 12.4 Å². The minimum Gasteiger partial charge on any atom is -0.493 e. The molecule has 0 spiro atoms. The van der Waals surface area contributed by atoms with Gasteiger partial charge in [0.2, 0.25) is 5.91 Å². The zero-order chi connectivity index (χ0) is 15.0. The lowest BCUT2D eigenvalue weighted by Gasteiger charge is -2.10. The maximum atomic E-state index is 11.4. The highest BCUT2D eigenvalue weighted by Gasteiger charge is 2.07. The molecular weight excluding hydrogens is 260 g/mol. The van der Waals surface area contributed by atoms with Crippen LogP contribution < -0.4 is 10.5 Å². The molecule has 0 heterocycles. The lowest BCUT2D eigenvalue weighted by molar-refractivity contribution is -0.145. The highest BCUT2D eigenvalue weighted by molar-refractivity contribution is 5.76. The molecule has 0 fully saturated rings. The van der Waals surface area contributed by atoms with Crippen LogP contribution in [-0.2, 0) is 14.3 Å². The van der Waals surface area contributed by atoms with Gasteiger partial charge in [-0.05, 0) is 12.1 Å². The maximum absolute atomic E-state index is 11.4. The number of amides is 1. The van der Waals surface area contributed by atoms with Crippen LogP contribution in [0.3, 0.4) is 0 Å². The van der Waals surface area contributed by atoms with E-state index in [0.717, 1.165) is 0 Å². The summed E-state index contributed by atoms with van der Waals surface area (Å²) in [4.78, 5) is 24.1. The molecule has 2 N–H and O–H groups in total. The summed E-state index contributed by atoms with van der Waals surface area (Å²) < 4.78 is 10.3. The normalized spacial score (nSPS) is 9.90. The molecule has 0 radical (unpaired) electrons. The molecule has 1 aromatic carbocycles. The van der Waals surface area contributed by atoms with Crippen LogP contribution in [0.4, 0.5) is 5.69 Å². The van der Waals surface area contributed by atoms with Crippen molar-refractivity contribution in [2.24, 2.45) is 0 Å². The second-order valence-corrected chi connectivity index (χ2v) is 4.43. The van der Waals surface area contributed by atoms with Gasteiger partial charge in [0.15, 0.2) is 0 Å². The van der Waals surface area contributed by atoms with Crippen LogP contribution in [-0.4, -0.2) is 44.1 Å². The maximum Gasteiger partial charge on any atom is 0.309 e. The number of carbonyl (C=O) groups excluding carboxylic acids is 2. The van der Waals surface area contributed by atoms with E-state index in [9.17, 15) is 9.59 Å². The molecule has 0 aromatic heterocycles. The third-order valence-corrected chi connectivity index (χ3v) is 2.51. The Morgan fingerprint density at radius 1 is 1.20 bits per heavy atom. The molecular formula is C14H20N2O4. The van der Waals surface area contributed by atoms with Gasteiger partial charge < -0.3 is 20.1 Å². The minimum atomic E-state index is -0.388. The monoisotopic (exact) mass is 280 g/mol. The molecule has 6 nitrogen and oxygen atoms in total. The Balaban J connectivity index is 2.16. The first kappa shape index (κ1) is 15.8. The molecule has 0 bridgehead atoms. The molecule has 110 valence electrons. The zero-order valence-corrected chi connectivity index (χ0v) is 11.8. The molecule has 0 aliphatic heterocycles. The predicted molar refractivity (Wildman–Crippen MR) is 75.2 cm³/mol. The van der Waals surface area contributed by atoms with Crippen molar-refractivity contribution in [2.75, 3.05) is 33.0 Å². The summed E-state index contributed by atoms with van der Waals surface area (Å²) in [5.74, 6) is 0.148. The van der Waals surface area contributed by atoms with Gasteiger partial charge in [-0.3, -0.25) is 9.59 Å². The largest absolute Gasteiger partial charge is 0.493 e. The number of hydrogen-bond donors (Lipinski definition) is 1. The highest BCUT2D eigenvalue weighted by Crippen LogP contribution is 2.14. The number of nitrogens with zero attached hydrogens (tertiary/aromatic N) is 1. The number of nitrogen functional groups attached to an aromatic ring is 1. The third kappa shape index (κ3) is 6.08. The average molecular weight is 280 g/mol. The van der Waals surface area contributed by atoms with Gasteiger partial charge in [0.25, 0.3) is 0 Å². The predicted octanol–water partition coefficient (Wildman–Crippen LogP) is 1.06. The number of hydrogen-bond acceptors (Lipinski definition) is 5. The van der Waals surface area contributed by atoms with Crippen LogP contribution in [0.15, 0.2) is 24.3 Å². The molecule has 6 heteroatoms. The van der Waals surface area contributed by atoms with E-state index in [4.69, 9.17) is 15.2 Å². The number of carbonyl (C=O) groups is 2. The van der Waals surface area contributed by atoms with Crippen molar-refractivity contribution < 1.29 is 19.1 Å². The first-order chi connectivity index (χ1) is 9.49. The Morgan fingerprint density at radius 3 is 2.60 bits per heavy atom. The van der Waals surface area contributed by atoms with Gasteiger partial charge >= 0.3 is 5.97 Å². The van der Waals surface area contributed by atoms with E-state index in [-0.39, 0.29) is 37.9 Å². The molecule has 0 aliphatic carbocycles. The number of ether oxygens (including phenoxy) is 2. The molecule has 1 aromatic rings. The van der Waals surface area contributed by atoms with Crippen LogP contribution in [0.5, 0.6) is 5.75 Å². The molecule has 0 saturated carbocycles. The Labute approximate surface area is 118 Å². The summed E-state index contributed by atoms with van der Waals surface area (Å²) in [6, 6.07) is 6.97. The number of nitrogens with two attached hydrogens (primary N) is 1. The summed E-state index contributed by atoms with van der Waals surface area (Å²) in [6.45, 7) is 0.304. The Bertz CT molecular complexity index is 460. The van der Waals surface area contributed by atoms with Crippen LogP contribution in [0.2, 0.25) is 0 Å². The van der Waals surface area contributed by atoms with E-state index in [2.05, 4.69) is 0 Å². The molecule has 0 unspecified atom stereocenters. The SMILES string of the molecule is CN(C)C(=O)CCOC(=O)CCOc1cccc(N)c1. The van der Waals surface area contributed by atoms with Crippen molar-refractivity contribution in [3.8, 4) is 5.75 Å². The first-order valence-electron chi connectivity index (χ1n) is 6.33. The summed E-state index contributed by atoms with van der Waals surface area (Å²) in [6.07, 6.45) is 0.319. The van der Waals surface area contributed by atoms with Gasteiger partial charge in [-0.15, -0.1) is 0 Å². The molecule has 0 aliphatic rings. The second-order valence-electron chi connectivity index (χ2n) is 4.43. The van der Waals surface area contributed by atoms with Gasteiger partial charge in [-0.1, -0.05) is 6.07 Å². The van der Waals surface area contributed by atoms with Crippen molar-refractivity contribution in [2.45, 2.75) is 12.8 Å². The Kier molecular flexibility index (Phi) is 6.36. The summed E-state index contributed by atoms with van der Waals surface area (Å²) in [5, 5.41) is 0. The van der Waals surface area contributed by atoms with E-state index in [1.54, 1.807) is 38.4 Å². The summed E-state index contributed by atoms with van der Waals surface area (Å²) in [5.41, 5.74) is 6.20. The lowest BCUT2D eigenvalue weighted by atomic mass is 10.3. The van der Waals surface area contributed by atoms with E-state index in [1.807, 2.05) is 0 Å². The van der Waals surface area contributed by atoms with Crippen LogP contribution in [0, 0.1) is 0 Å². The number of anilines is 1. The van der Waals surface area contributed by atoms with Crippen molar-refractivity contribution in [1.82, 2.24) is 4.90 Å². The van der Waals surface area contributed by atoms with Crippen molar-refractivity contribution >= 4 is 17.6 Å². The number of esters is 1. The quantitative estimate of drug-likeness (QED) is 0.596. The fourth-order valence-corrected chi connectivity index (χ4v) is 1.40. The van der Waals surface area contributed by atoms with Crippen molar-refractivity contribution in [1.29, 1.82) is 0 Å². The van der Waals surface area contributed by atoms with E-state index >= 15 is 0 Å². The van der Waals surface area contributed by atoms with Gasteiger partial charge in [-0.25, -0.2) is 0 Å². The van der Waals surface area contributed by atoms with Gasteiger partial charge in [-0.2, -0.15) is 0 Å². The van der Waals surface area contributed by atoms with Gasteiger partial charge in [0.05, 0.1) is 19.4 Å². The fraction of sp³-hybridized carbons (Fsp3) is 0.429. The molecule has 1 rings (SSSR count). The topological polar surface area (TPSA) is 81.9 Å². The first-order valence-corrected chi connectivity index (χ1v) is 6.33. The fourth-order valence-electron chi connectivity index (χ4n) is 1.40. The van der Waals surface area contributed by atoms with Crippen LogP contribution in [0.25, 0.3) is 0 Å². The van der Waals surface area contributed by atoms with Crippen LogP contribution >= 0.6 is 0 Å². The minimum absolute atomic E-state index is 0.0752. The molecule has 20 heavy (non-hydrogen) atoms. The number of rotatable bonds is 7. The Morgan fingerprint density at radius 2 is 1.95 bits per heavy atom. The summed E-state index contributed by atoms with van der Waals surface area (Å²) >= 11 is 0. The number of benzene rings is 1. The third-order valence-electron chi connectivity index (χ3n) is 2.51. The molecule has 0 saturated heterocycles. The molecule has 1 amide bonds. The average Bonchev–Trinajstić information content (AvgIpc) is 2.38. The van der Waals surface area contributed by atoms with Crippen LogP contribution in [0.1, 0.15) is 12.8 Å². The standard InChI is InChI=1S/C14H20N2O4/c1-16(2)13(17)6-8-20-14(18)7-9-19-12-5-3-4-11(15)10-12/h3-5,10H,6-9,15H2,1-2H3. The van der Waals surface area contributed by atoms with Crippen molar-refractivity contribution in [3.05, 3.63) is 24.3 Å². The highest BCUT2D eigenvalue weighted by atomic mass is 16.5.